The summed E-state index contributed by atoms with van der Waals surface area (Å²) in [4.78, 5) is 0. The van der Waals surface area contributed by atoms with Gasteiger partial charge < -0.3 is 0 Å². The molecule has 74 valence electrons. The normalized spacial score (nSPS) is 11.8. The van der Waals surface area contributed by atoms with E-state index in [1.807, 2.05) is 0 Å². The van der Waals surface area contributed by atoms with Crippen LogP contribution in [0.2, 0.25) is 0 Å². The number of nitrogens with two attached hydrogens (primary N) is 1. The Balaban J connectivity index is 2.62. The molecule has 2 aromatic heterocycles. The summed E-state index contributed by atoms with van der Waals surface area (Å²) in [6.45, 7) is 0. The van der Waals surface area contributed by atoms with Crippen LogP contribution in [0.3, 0.4) is 0 Å². The second kappa shape index (κ2) is 2.85. The number of aromatic nitrogens is 6. The van der Waals surface area contributed by atoms with Crippen LogP contribution in [0.4, 0.5) is 0 Å². The Morgan fingerprint density at radius 2 is 2.29 bits per heavy atom. The number of H-pyrrole nitrogens is 1. The van der Waals surface area contributed by atoms with E-state index in [9.17, 15) is 8.42 Å². The zero-order chi connectivity index (χ0) is 10.2. The van der Waals surface area contributed by atoms with Crippen molar-refractivity contribution in [3.05, 3.63) is 12.4 Å². The van der Waals surface area contributed by atoms with E-state index in [-0.39, 0.29) is 5.69 Å². The molecule has 0 aromatic carbocycles. The van der Waals surface area contributed by atoms with Gasteiger partial charge in [-0.2, -0.15) is 8.42 Å². The van der Waals surface area contributed by atoms with Crippen molar-refractivity contribution in [1.29, 1.82) is 0 Å². The summed E-state index contributed by atoms with van der Waals surface area (Å²) in [5.41, 5.74) is 0.449. The first-order chi connectivity index (χ1) is 6.59. The molecule has 2 aromatic rings. The lowest BCUT2D eigenvalue weighted by molar-refractivity contribution is 0.579. The molecule has 0 spiro atoms. The number of nitrogens with zero attached hydrogens (tertiary/aromatic N) is 5. The Hall–Kier alpha value is -1.81. The van der Waals surface area contributed by atoms with E-state index in [2.05, 4.69) is 25.7 Å². The van der Waals surface area contributed by atoms with Crippen LogP contribution >= 0.6 is 0 Å². The van der Waals surface area contributed by atoms with Crippen molar-refractivity contribution in [3.63, 3.8) is 0 Å². The number of hydrogen-bond donors (Lipinski definition) is 2. The van der Waals surface area contributed by atoms with E-state index >= 15 is 0 Å². The largest absolute Gasteiger partial charge is 0.319 e. The molecule has 9 nitrogen and oxygen atoms in total. The minimum Gasteiger partial charge on any atom is -0.265 e. The lowest BCUT2D eigenvalue weighted by atomic mass is 10.4. The van der Waals surface area contributed by atoms with Gasteiger partial charge in [0.15, 0.2) is 0 Å². The molecule has 0 unspecified atom stereocenters. The van der Waals surface area contributed by atoms with Crippen molar-refractivity contribution in [2.45, 2.75) is 0 Å². The van der Waals surface area contributed by atoms with Crippen LogP contribution in [0.25, 0.3) is 11.4 Å². The van der Waals surface area contributed by atoms with Crippen LogP contribution in [-0.4, -0.2) is 38.2 Å². The van der Waals surface area contributed by atoms with E-state index in [0.717, 1.165) is 0 Å². The molecule has 0 fully saturated rings. The van der Waals surface area contributed by atoms with Gasteiger partial charge in [-0.25, -0.2) is 5.14 Å². The second-order valence-electron chi connectivity index (χ2n) is 2.37. The molecule has 0 bridgehead atoms. The van der Waals surface area contributed by atoms with E-state index in [4.69, 9.17) is 5.14 Å². The Labute approximate surface area is 78.1 Å². The van der Waals surface area contributed by atoms with Gasteiger partial charge in [-0.15, -0.1) is 14.3 Å². The highest BCUT2D eigenvalue weighted by Crippen LogP contribution is 2.13. The smallest absolute Gasteiger partial charge is 0.265 e. The third-order valence-corrected chi connectivity index (χ3v) is 2.19. The summed E-state index contributed by atoms with van der Waals surface area (Å²) in [5.74, 6) is 0. The molecule has 14 heavy (non-hydrogen) atoms. The Kier molecular flexibility index (Phi) is 1.79. The Morgan fingerprint density at radius 1 is 1.50 bits per heavy atom. The average Bonchev–Trinajstić information content (AvgIpc) is 2.73. The molecule has 0 aliphatic rings. The van der Waals surface area contributed by atoms with E-state index in [0.29, 0.717) is 9.78 Å². The van der Waals surface area contributed by atoms with Gasteiger partial charge in [0.05, 0.1) is 12.4 Å². The highest BCUT2D eigenvalue weighted by molar-refractivity contribution is 7.87. The van der Waals surface area contributed by atoms with Gasteiger partial charge >= 0.3 is 10.2 Å². The maximum Gasteiger partial charge on any atom is 0.319 e. The lowest BCUT2D eigenvalue weighted by Crippen LogP contribution is -2.23. The van der Waals surface area contributed by atoms with Crippen molar-refractivity contribution >= 4 is 10.2 Å². The highest BCUT2D eigenvalue weighted by Gasteiger charge is 2.16. The van der Waals surface area contributed by atoms with E-state index < -0.39 is 10.2 Å². The molecule has 0 atom stereocenters. The topological polar surface area (TPSA) is 132 Å². The lowest BCUT2D eigenvalue weighted by Gasteiger charge is -1.98. The fraction of sp³-hybridized carbons (Fsp3) is 0. The average molecular weight is 215 g/mol. The van der Waals surface area contributed by atoms with Crippen molar-refractivity contribution in [2.24, 2.45) is 5.14 Å². The van der Waals surface area contributed by atoms with E-state index in [1.54, 1.807) is 0 Å². The van der Waals surface area contributed by atoms with E-state index in [1.165, 1.54) is 12.4 Å². The van der Waals surface area contributed by atoms with Gasteiger partial charge in [-0.05, 0) is 0 Å². The fourth-order valence-electron chi connectivity index (χ4n) is 0.904. The molecule has 2 rings (SSSR count). The van der Waals surface area contributed by atoms with Crippen molar-refractivity contribution in [3.8, 4) is 11.4 Å². The van der Waals surface area contributed by atoms with Crippen LogP contribution in [0, 0.1) is 0 Å². The Morgan fingerprint density at radius 3 is 2.86 bits per heavy atom. The molecule has 0 saturated carbocycles. The van der Waals surface area contributed by atoms with Crippen LogP contribution in [0.15, 0.2) is 12.4 Å². The van der Waals surface area contributed by atoms with Gasteiger partial charge in [-0.3, -0.25) is 5.10 Å². The second-order valence-corrected chi connectivity index (χ2v) is 3.74. The molecular weight excluding hydrogens is 210 g/mol. The first-order valence-electron chi connectivity index (χ1n) is 3.40. The van der Waals surface area contributed by atoms with Gasteiger partial charge in [0.2, 0.25) is 0 Å². The minimum atomic E-state index is -3.95. The predicted octanol–water partition coefficient (Wildman–Crippen LogP) is -1.89. The standard InChI is InChI=1S/C4H5N7O2S/c5-14(12,13)11-4(2-7-10-11)3-1-6-9-8-3/h1-2H,(H2,5,12,13)(H,6,8,9). The summed E-state index contributed by atoms with van der Waals surface area (Å²) in [5, 5.41) is 21.1. The fourth-order valence-corrected chi connectivity index (χ4v) is 1.46. The highest BCUT2D eigenvalue weighted by atomic mass is 32.2. The number of hydrogen-bond acceptors (Lipinski definition) is 6. The maximum atomic E-state index is 11.0. The summed E-state index contributed by atoms with van der Waals surface area (Å²) < 4.78 is 22.6. The summed E-state index contributed by atoms with van der Waals surface area (Å²) >= 11 is 0. The Bertz CT molecular complexity index is 526. The van der Waals surface area contributed by atoms with Crippen molar-refractivity contribution < 1.29 is 8.42 Å². The van der Waals surface area contributed by atoms with Gasteiger partial charge in [0.1, 0.15) is 11.4 Å². The van der Waals surface area contributed by atoms with Crippen LogP contribution in [0.5, 0.6) is 0 Å². The molecule has 0 radical (unpaired) electrons. The minimum absolute atomic E-state index is 0.154. The number of aromatic amines is 1. The molecule has 0 aliphatic carbocycles. The third kappa shape index (κ3) is 1.36. The first-order valence-corrected chi connectivity index (χ1v) is 4.90. The monoisotopic (exact) mass is 215 g/mol. The maximum absolute atomic E-state index is 11.0. The molecule has 0 amide bonds. The number of nitrogens with one attached hydrogen (secondary N) is 1. The van der Waals surface area contributed by atoms with Gasteiger partial charge in [0.25, 0.3) is 0 Å². The van der Waals surface area contributed by atoms with Crippen LogP contribution in [-0.2, 0) is 10.2 Å². The predicted molar refractivity (Wildman–Crippen MR) is 43.9 cm³/mol. The zero-order valence-electron chi connectivity index (χ0n) is 6.69. The van der Waals surface area contributed by atoms with Crippen molar-refractivity contribution in [2.75, 3.05) is 0 Å². The summed E-state index contributed by atoms with van der Waals surface area (Å²) in [6, 6.07) is 0. The van der Waals surface area contributed by atoms with Gasteiger partial charge in [0, 0.05) is 0 Å². The molecule has 0 aliphatic heterocycles. The van der Waals surface area contributed by atoms with Crippen molar-refractivity contribution in [1.82, 2.24) is 29.8 Å². The first kappa shape index (κ1) is 8.77. The zero-order valence-corrected chi connectivity index (χ0v) is 7.51. The molecule has 10 heteroatoms. The quantitative estimate of drug-likeness (QED) is 0.602. The van der Waals surface area contributed by atoms with Crippen LogP contribution < -0.4 is 5.14 Å². The SMILES string of the molecule is NS(=O)(=O)n1nncc1-c1c[nH]nn1. The summed E-state index contributed by atoms with van der Waals surface area (Å²) in [6.07, 6.45) is 2.63. The number of rotatable bonds is 2. The van der Waals surface area contributed by atoms with Gasteiger partial charge in [-0.1, -0.05) is 10.4 Å². The molecule has 0 saturated heterocycles. The summed E-state index contributed by atoms with van der Waals surface area (Å²) in [7, 11) is -3.95. The molecular formula is C4H5N7O2S. The van der Waals surface area contributed by atoms with Crippen LogP contribution in [0.1, 0.15) is 0 Å². The third-order valence-electron chi connectivity index (χ3n) is 1.44. The molecule has 2 heterocycles. The molecule has 3 N–H and O–H groups in total.